The van der Waals surface area contributed by atoms with Crippen LogP contribution in [-0.4, -0.2) is 16.1 Å². The Hall–Kier alpha value is -2.05. The number of aromatic nitrogens is 2. The van der Waals surface area contributed by atoms with E-state index in [1.54, 1.807) is 11.3 Å². The second-order valence-electron chi connectivity index (χ2n) is 5.57. The summed E-state index contributed by atoms with van der Waals surface area (Å²) in [4.78, 5) is 12.4. The number of rotatable bonds is 3. The minimum absolute atomic E-state index is 0.119. The molecular weight excluding hydrogens is 326 g/mol. The van der Waals surface area contributed by atoms with E-state index in [0.29, 0.717) is 10.7 Å². The van der Waals surface area contributed by atoms with Gasteiger partial charge in [-0.1, -0.05) is 17.4 Å². The van der Waals surface area contributed by atoms with Crippen LogP contribution in [0.4, 0.5) is 5.13 Å². The van der Waals surface area contributed by atoms with E-state index in [0.717, 1.165) is 23.4 Å². The molecule has 23 heavy (non-hydrogen) atoms. The zero-order valence-electron chi connectivity index (χ0n) is 12.4. The lowest BCUT2D eigenvalue weighted by atomic mass is 9.90. The third kappa shape index (κ3) is 3.04. The fourth-order valence-corrected chi connectivity index (χ4v) is 4.27. The highest BCUT2D eigenvalue weighted by atomic mass is 32.1. The normalized spacial score (nSPS) is 13.6. The van der Waals surface area contributed by atoms with Crippen LogP contribution in [0.1, 0.15) is 34.3 Å². The number of nitrogens with zero attached hydrogens (tertiary/aromatic N) is 2. The first-order valence-electron chi connectivity index (χ1n) is 7.59. The van der Waals surface area contributed by atoms with Gasteiger partial charge >= 0.3 is 0 Å². The van der Waals surface area contributed by atoms with Crippen molar-refractivity contribution >= 4 is 33.7 Å². The van der Waals surface area contributed by atoms with E-state index in [1.165, 1.54) is 35.3 Å². The van der Waals surface area contributed by atoms with Gasteiger partial charge in [0.1, 0.15) is 5.01 Å². The molecule has 4 nitrogen and oxygen atoms in total. The minimum atomic E-state index is -0.119. The maximum absolute atomic E-state index is 12.4. The predicted molar refractivity (Wildman–Crippen MR) is 94.3 cm³/mol. The summed E-state index contributed by atoms with van der Waals surface area (Å²) in [6.45, 7) is 0. The zero-order valence-corrected chi connectivity index (χ0v) is 14.0. The van der Waals surface area contributed by atoms with Crippen molar-refractivity contribution in [1.82, 2.24) is 10.2 Å². The molecule has 0 bridgehead atoms. The van der Waals surface area contributed by atoms with Gasteiger partial charge in [0.05, 0.1) is 0 Å². The average Bonchev–Trinajstić information content (AvgIpc) is 3.25. The van der Waals surface area contributed by atoms with Gasteiger partial charge in [-0.05, 0) is 60.4 Å². The Kier molecular flexibility index (Phi) is 3.93. The topological polar surface area (TPSA) is 54.9 Å². The van der Waals surface area contributed by atoms with Crippen molar-refractivity contribution in [1.29, 1.82) is 0 Å². The predicted octanol–water partition coefficient (Wildman–Crippen LogP) is 4.40. The smallest absolute Gasteiger partial charge is 0.257 e. The molecule has 1 N–H and O–H groups in total. The SMILES string of the molecule is O=C(Nc1nnc(-c2ccsc2)s1)c1ccc2c(c1)CCCC2. The standard InChI is InChI=1S/C17H15N3OS2/c21-15(13-6-5-11-3-1-2-4-12(11)9-13)18-17-20-19-16(23-17)14-7-8-22-10-14/h5-10H,1-4H2,(H,18,20,21). The van der Waals surface area contributed by atoms with Gasteiger partial charge in [0.2, 0.25) is 5.13 Å². The van der Waals surface area contributed by atoms with Gasteiger partial charge in [-0.3, -0.25) is 10.1 Å². The lowest BCUT2D eigenvalue weighted by molar-refractivity contribution is 0.102. The maximum atomic E-state index is 12.4. The average molecular weight is 341 g/mol. The van der Waals surface area contributed by atoms with E-state index in [9.17, 15) is 4.79 Å². The summed E-state index contributed by atoms with van der Waals surface area (Å²) >= 11 is 3.01. The second kappa shape index (κ2) is 6.22. The molecule has 2 aromatic heterocycles. The minimum Gasteiger partial charge on any atom is -0.296 e. The van der Waals surface area contributed by atoms with Crippen LogP contribution in [0.3, 0.4) is 0 Å². The summed E-state index contributed by atoms with van der Waals surface area (Å²) in [7, 11) is 0. The molecule has 6 heteroatoms. The van der Waals surface area contributed by atoms with Gasteiger partial charge in [-0.15, -0.1) is 10.2 Å². The molecule has 4 rings (SSSR count). The summed E-state index contributed by atoms with van der Waals surface area (Å²) in [5.74, 6) is -0.119. The molecule has 1 aliphatic carbocycles. The number of carbonyl (C=O) groups excluding carboxylic acids is 1. The van der Waals surface area contributed by atoms with Crippen LogP contribution in [0.25, 0.3) is 10.6 Å². The number of anilines is 1. The van der Waals surface area contributed by atoms with Crippen molar-refractivity contribution in [2.24, 2.45) is 0 Å². The molecule has 0 spiro atoms. The van der Waals surface area contributed by atoms with Gasteiger partial charge in [-0.25, -0.2) is 0 Å². The van der Waals surface area contributed by atoms with Crippen molar-refractivity contribution in [2.75, 3.05) is 5.32 Å². The number of fused-ring (bicyclic) bond motifs is 1. The van der Waals surface area contributed by atoms with E-state index in [-0.39, 0.29) is 5.91 Å². The molecule has 0 atom stereocenters. The Morgan fingerprint density at radius 2 is 1.96 bits per heavy atom. The van der Waals surface area contributed by atoms with E-state index in [1.807, 2.05) is 29.0 Å². The maximum Gasteiger partial charge on any atom is 0.257 e. The number of hydrogen-bond donors (Lipinski definition) is 1. The third-order valence-corrected chi connectivity index (χ3v) is 5.60. The van der Waals surface area contributed by atoms with Crippen molar-refractivity contribution < 1.29 is 4.79 Å². The van der Waals surface area contributed by atoms with Crippen LogP contribution < -0.4 is 5.32 Å². The van der Waals surface area contributed by atoms with E-state index in [4.69, 9.17) is 0 Å². The number of benzene rings is 1. The van der Waals surface area contributed by atoms with Crippen LogP contribution in [0.5, 0.6) is 0 Å². The molecule has 2 heterocycles. The Morgan fingerprint density at radius 1 is 1.09 bits per heavy atom. The van der Waals surface area contributed by atoms with Gasteiger partial charge in [-0.2, -0.15) is 11.3 Å². The molecule has 0 radical (unpaired) electrons. The Morgan fingerprint density at radius 3 is 2.78 bits per heavy atom. The molecule has 0 unspecified atom stereocenters. The Bertz CT molecular complexity index is 839. The molecule has 116 valence electrons. The van der Waals surface area contributed by atoms with Crippen LogP contribution in [0.15, 0.2) is 35.0 Å². The number of thiophene rings is 1. The highest BCUT2D eigenvalue weighted by Gasteiger charge is 2.15. The summed E-state index contributed by atoms with van der Waals surface area (Å²) in [6.07, 6.45) is 4.64. The van der Waals surface area contributed by atoms with Crippen molar-refractivity contribution in [3.63, 3.8) is 0 Å². The van der Waals surface area contributed by atoms with E-state index in [2.05, 4.69) is 21.6 Å². The van der Waals surface area contributed by atoms with Gasteiger partial charge < -0.3 is 0 Å². The Labute approximate surface area is 142 Å². The number of nitrogens with one attached hydrogen (secondary N) is 1. The number of amides is 1. The summed E-state index contributed by atoms with van der Waals surface area (Å²) in [5.41, 5.74) is 4.42. The Balaban J connectivity index is 1.52. The van der Waals surface area contributed by atoms with Crippen LogP contribution >= 0.6 is 22.7 Å². The molecule has 0 saturated heterocycles. The molecule has 0 saturated carbocycles. The molecular formula is C17H15N3OS2. The first kappa shape index (κ1) is 14.5. The van der Waals surface area contributed by atoms with Crippen LogP contribution in [-0.2, 0) is 12.8 Å². The monoisotopic (exact) mass is 341 g/mol. The fourth-order valence-electron chi connectivity index (χ4n) is 2.82. The van der Waals surface area contributed by atoms with Crippen molar-refractivity contribution in [2.45, 2.75) is 25.7 Å². The molecule has 3 aromatic rings. The first-order chi connectivity index (χ1) is 11.3. The van der Waals surface area contributed by atoms with E-state index >= 15 is 0 Å². The van der Waals surface area contributed by atoms with E-state index < -0.39 is 0 Å². The molecule has 1 aliphatic rings. The highest BCUT2D eigenvalue weighted by molar-refractivity contribution is 7.19. The largest absolute Gasteiger partial charge is 0.296 e. The van der Waals surface area contributed by atoms with Crippen LogP contribution in [0.2, 0.25) is 0 Å². The van der Waals surface area contributed by atoms with Gasteiger partial charge in [0.15, 0.2) is 0 Å². The summed E-state index contributed by atoms with van der Waals surface area (Å²) in [6, 6.07) is 8.01. The lowest BCUT2D eigenvalue weighted by Crippen LogP contribution is -2.13. The lowest BCUT2D eigenvalue weighted by Gasteiger charge is -2.16. The summed E-state index contributed by atoms with van der Waals surface area (Å²) < 4.78 is 0. The summed E-state index contributed by atoms with van der Waals surface area (Å²) in [5, 5.41) is 16.4. The number of hydrogen-bond acceptors (Lipinski definition) is 5. The fraction of sp³-hybridized carbons (Fsp3) is 0.235. The van der Waals surface area contributed by atoms with Crippen molar-refractivity contribution in [3.05, 3.63) is 51.7 Å². The van der Waals surface area contributed by atoms with Crippen molar-refractivity contribution in [3.8, 4) is 10.6 Å². The molecule has 0 aliphatic heterocycles. The number of aryl methyl sites for hydroxylation is 2. The number of carbonyl (C=O) groups is 1. The van der Waals surface area contributed by atoms with Gasteiger partial charge in [0, 0.05) is 16.5 Å². The molecule has 1 aromatic carbocycles. The zero-order chi connectivity index (χ0) is 15.6. The van der Waals surface area contributed by atoms with Gasteiger partial charge in [0.25, 0.3) is 5.91 Å². The molecule has 0 fully saturated rings. The second-order valence-corrected chi connectivity index (χ2v) is 7.33. The molecule has 1 amide bonds. The third-order valence-electron chi connectivity index (χ3n) is 4.02. The van der Waals surface area contributed by atoms with Crippen LogP contribution in [0, 0.1) is 0 Å². The quantitative estimate of drug-likeness (QED) is 0.768. The first-order valence-corrected chi connectivity index (χ1v) is 9.35. The highest BCUT2D eigenvalue weighted by Crippen LogP contribution is 2.28.